The van der Waals surface area contributed by atoms with E-state index in [2.05, 4.69) is 4.98 Å². The largest absolute Gasteiger partial charge is 0.478 e. The SMILES string of the molecule is O=C(O)c1cc(Cl)ncc1N1CCOCC1. The van der Waals surface area contributed by atoms with Crippen molar-refractivity contribution in [2.24, 2.45) is 0 Å². The number of hydrogen-bond acceptors (Lipinski definition) is 4. The number of carboxylic acids is 1. The lowest BCUT2D eigenvalue weighted by molar-refractivity contribution is 0.0696. The van der Waals surface area contributed by atoms with Gasteiger partial charge in [0.25, 0.3) is 0 Å². The van der Waals surface area contributed by atoms with Crippen molar-refractivity contribution < 1.29 is 14.6 Å². The smallest absolute Gasteiger partial charge is 0.337 e. The Kier molecular flexibility index (Phi) is 3.26. The molecule has 1 N–H and O–H groups in total. The van der Waals surface area contributed by atoms with Gasteiger partial charge in [0.2, 0.25) is 0 Å². The Morgan fingerprint density at radius 2 is 2.19 bits per heavy atom. The molecule has 2 heterocycles. The lowest BCUT2D eigenvalue weighted by Crippen LogP contribution is -2.37. The normalized spacial score (nSPS) is 16.2. The van der Waals surface area contributed by atoms with Crippen LogP contribution in [0.25, 0.3) is 0 Å². The van der Waals surface area contributed by atoms with Gasteiger partial charge >= 0.3 is 5.97 Å². The van der Waals surface area contributed by atoms with E-state index in [-0.39, 0.29) is 10.7 Å². The number of halogens is 1. The van der Waals surface area contributed by atoms with E-state index in [1.165, 1.54) is 12.3 Å². The molecule has 0 unspecified atom stereocenters. The quantitative estimate of drug-likeness (QED) is 0.792. The van der Waals surface area contributed by atoms with E-state index in [1.54, 1.807) is 0 Å². The van der Waals surface area contributed by atoms with E-state index >= 15 is 0 Å². The van der Waals surface area contributed by atoms with Gasteiger partial charge in [0.1, 0.15) is 5.15 Å². The lowest BCUT2D eigenvalue weighted by Gasteiger charge is -2.29. The first-order chi connectivity index (χ1) is 7.68. The van der Waals surface area contributed by atoms with Crippen molar-refractivity contribution in [2.75, 3.05) is 31.2 Å². The number of hydrogen-bond donors (Lipinski definition) is 1. The van der Waals surface area contributed by atoms with Crippen LogP contribution >= 0.6 is 11.6 Å². The number of aromatic carboxylic acids is 1. The Balaban J connectivity index is 2.34. The fraction of sp³-hybridized carbons (Fsp3) is 0.400. The van der Waals surface area contributed by atoms with Gasteiger partial charge in [-0.25, -0.2) is 9.78 Å². The third kappa shape index (κ3) is 2.25. The molecule has 0 aromatic carbocycles. The minimum absolute atomic E-state index is 0.182. The van der Waals surface area contributed by atoms with Crippen LogP contribution in [0, 0.1) is 0 Å². The van der Waals surface area contributed by atoms with Crippen LogP contribution < -0.4 is 4.90 Å². The molecule has 1 fully saturated rings. The molecule has 0 amide bonds. The van der Waals surface area contributed by atoms with Crippen molar-refractivity contribution in [2.45, 2.75) is 0 Å². The lowest BCUT2D eigenvalue weighted by atomic mass is 10.2. The van der Waals surface area contributed by atoms with Crippen LogP contribution in [-0.4, -0.2) is 42.4 Å². The molecule has 5 nitrogen and oxygen atoms in total. The number of carboxylic acid groups (broad SMARTS) is 1. The van der Waals surface area contributed by atoms with Gasteiger partial charge in [0.15, 0.2) is 0 Å². The van der Waals surface area contributed by atoms with Crippen LogP contribution in [0.4, 0.5) is 5.69 Å². The number of aromatic nitrogens is 1. The van der Waals surface area contributed by atoms with Crippen LogP contribution in [0.5, 0.6) is 0 Å². The van der Waals surface area contributed by atoms with Gasteiger partial charge in [-0.05, 0) is 6.07 Å². The summed E-state index contributed by atoms with van der Waals surface area (Å²) >= 11 is 5.68. The second-order valence-electron chi connectivity index (χ2n) is 3.43. The molecule has 1 aromatic rings. The van der Waals surface area contributed by atoms with E-state index < -0.39 is 5.97 Å². The Morgan fingerprint density at radius 1 is 1.50 bits per heavy atom. The zero-order valence-electron chi connectivity index (χ0n) is 8.52. The van der Waals surface area contributed by atoms with Crippen molar-refractivity contribution in [1.82, 2.24) is 4.98 Å². The summed E-state index contributed by atoms with van der Waals surface area (Å²) in [5.74, 6) is -0.995. The molecule has 86 valence electrons. The molecule has 2 rings (SSSR count). The molecule has 0 saturated carbocycles. The van der Waals surface area contributed by atoms with Gasteiger partial charge in [-0.2, -0.15) is 0 Å². The molecular weight excluding hydrogens is 232 g/mol. The van der Waals surface area contributed by atoms with E-state index in [0.29, 0.717) is 32.0 Å². The first-order valence-corrected chi connectivity index (χ1v) is 5.28. The van der Waals surface area contributed by atoms with Crippen LogP contribution in [0.2, 0.25) is 5.15 Å². The number of morpholine rings is 1. The van der Waals surface area contributed by atoms with Gasteiger partial charge in [-0.1, -0.05) is 11.6 Å². The Hall–Kier alpha value is -1.33. The van der Waals surface area contributed by atoms with Crippen molar-refractivity contribution in [3.8, 4) is 0 Å². The maximum atomic E-state index is 11.1. The van der Waals surface area contributed by atoms with E-state index in [4.69, 9.17) is 21.4 Å². The third-order valence-corrected chi connectivity index (χ3v) is 2.64. The molecule has 0 radical (unpaired) electrons. The highest BCUT2D eigenvalue weighted by Crippen LogP contribution is 2.23. The molecular formula is C10H11ClN2O3. The predicted molar refractivity (Wildman–Crippen MR) is 59.2 cm³/mol. The number of pyridine rings is 1. The van der Waals surface area contributed by atoms with Crippen molar-refractivity contribution in [1.29, 1.82) is 0 Å². The van der Waals surface area contributed by atoms with Crippen molar-refractivity contribution >= 4 is 23.3 Å². The van der Waals surface area contributed by atoms with Gasteiger partial charge < -0.3 is 14.7 Å². The van der Waals surface area contributed by atoms with Gasteiger partial charge in [0, 0.05) is 13.1 Å². The molecule has 1 saturated heterocycles. The minimum Gasteiger partial charge on any atom is -0.478 e. The van der Waals surface area contributed by atoms with E-state index in [0.717, 1.165) is 0 Å². The summed E-state index contributed by atoms with van der Waals surface area (Å²) in [5.41, 5.74) is 0.780. The summed E-state index contributed by atoms with van der Waals surface area (Å²) in [6.07, 6.45) is 1.50. The molecule has 0 bridgehead atoms. The van der Waals surface area contributed by atoms with Gasteiger partial charge in [0.05, 0.1) is 30.7 Å². The highest BCUT2D eigenvalue weighted by atomic mass is 35.5. The summed E-state index contributed by atoms with van der Waals surface area (Å²) in [7, 11) is 0. The molecule has 1 aliphatic heterocycles. The topological polar surface area (TPSA) is 62.7 Å². The van der Waals surface area contributed by atoms with Gasteiger partial charge in [-0.15, -0.1) is 0 Å². The summed E-state index contributed by atoms with van der Waals surface area (Å²) in [6.45, 7) is 2.54. The summed E-state index contributed by atoms with van der Waals surface area (Å²) in [6, 6.07) is 1.37. The van der Waals surface area contributed by atoms with E-state index in [1.807, 2.05) is 4.90 Å². The Morgan fingerprint density at radius 3 is 2.81 bits per heavy atom. The minimum atomic E-state index is -0.995. The standard InChI is InChI=1S/C10H11ClN2O3/c11-9-5-7(10(14)15)8(6-12-9)13-1-3-16-4-2-13/h5-6H,1-4H2,(H,14,15). The Labute approximate surface area is 97.6 Å². The second kappa shape index (κ2) is 4.67. The van der Waals surface area contributed by atoms with Crippen LogP contribution in [0.1, 0.15) is 10.4 Å². The maximum Gasteiger partial charge on any atom is 0.337 e. The molecule has 16 heavy (non-hydrogen) atoms. The fourth-order valence-corrected chi connectivity index (χ4v) is 1.81. The average molecular weight is 243 g/mol. The molecule has 0 spiro atoms. The van der Waals surface area contributed by atoms with E-state index in [9.17, 15) is 4.79 Å². The number of ether oxygens (including phenoxy) is 1. The van der Waals surface area contributed by atoms with Crippen LogP contribution in [0.3, 0.4) is 0 Å². The number of rotatable bonds is 2. The third-order valence-electron chi connectivity index (χ3n) is 2.43. The maximum absolute atomic E-state index is 11.1. The molecule has 1 aliphatic rings. The zero-order chi connectivity index (χ0) is 11.5. The molecule has 0 aliphatic carbocycles. The zero-order valence-corrected chi connectivity index (χ0v) is 9.28. The Bertz CT molecular complexity index is 405. The van der Waals surface area contributed by atoms with Crippen LogP contribution in [0.15, 0.2) is 12.3 Å². The number of carbonyl (C=O) groups is 1. The molecule has 1 aromatic heterocycles. The number of anilines is 1. The first-order valence-electron chi connectivity index (χ1n) is 4.90. The molecule has 6 heteroatoms. The highest BCUT2D eigenvalue weighted by Gasteiger charge is 2.19. The fourth-order valence-electron chi connectivity index (χ4n) is 1.65. The monoisotopic (exact) mass is 242 g/mol. The number of nitrogens with zero attached hydrogens (tertiary/aromatic N) is 2. The summed E-state index contributed by atoms with van der Waals surface area (Å²) in [5, 5.41) is 9.27. The average Bonchev–Trinajstić information content (AvgIpc) is 2.30. The summed E-state index contributed by atoms with van der Waals surface area (Å²) in [4.78, 5) is 16.9. The van der Waals surface area contributed by atoms with Crippen molar-refractivity contribution in [3.63, 3.8) is 0 Å². The van der Waals surface area contributed by atoms with Crippen LogP contribution in [-0.2, 0) is 4.74 Å². The first kappa shape index (κ1) is 11.2. The van der Waals surface area contributed by atoms with Crippen molar-refractivity contribution in [3.05, 3.63) is 23.0 Å². The van der Waals surface area contributed by atoms with Gasteiger partial charge in [-0.3, -0.25) is 0 Å². The predicted octanol–water partition coefficient (Wildman–Crippen LogP) is 1.27. The second-order valence-corrected chi connectivity index (χ2v) is 3.82. The highest BCUT2D eigenvalue weighted by molar-refractivity contribution is 6.29. The summed E-state index contributed by atoms with van der Waals surface area (Å²) < 4.78 is 5.21. The molecule has 0 atom stereocenters.